The summed E-state index contributed by atoms with van der Waals surface area (Å²) in [5.74, 6) is 0.394. The molecular formula is C7H10N4O2. The van der Waals surface area contributed by atoms with Gasteiger partial charge in [0.15, 0.2) is 0 Å². The van der Waals surface area contributed by atoms with Crippen LogP contribution < -0.4 is 5.73 Å². The molecule has 1 heterocycles. The summed E-state index contributed by atoms with van der Waals surface area (Å²) < 4.78 is 4.67. The molecule has 0 bridgehead atoms. The predicted molar refractivity (Wildman–Crippen MR) is 43.7 cm³/mol. The summed E-state index contributed by atoms with van der Waals surface area (Å²) in [6, 6.07) is 0. The Balaban J connectivity index is 2.30. The standard InChI is InChI=1S/C7H10N4O2/c1-13-5(12)7(2-3-7)4-9-6(8)11-10-4/h2-3H2,1H3,(H3,8,9,10,11). The fourth-order valence-corrected chi connectivity index (χ4v) is 1.35. The lowest BCUT2D eigenvalue weighted by Crippen LogP contribution is -2.23. The molecule has 1 aliphatic carbocycles. The lowest BCUT2D eigenvalue weighted by molar-refractivity contribution is -0.143. The highest BCUT2D eigenvalue weighted by Crippen LogP contribution is 2.47. The lowest BCUT2D eigenvalue weighted by atomic mass is 10.1. The van der Waals surface area contributed by atoms with E-state index in [1.807, 2.05) is 0 Å². The van der Waals surface area contributed by atoms with Crippen molar-refractivity contribution in [2.24, 2.45) is 0 Å². The van der Waals surface area contributed by atoms with Crippen molar-refractivity contribution in [1.29, 1.82) is 0 Å². The van der Waals surface area contributed by atoms with E-state index in [4.69, 9.17) is 5.73 Å². The van der Waals surface area contributed by atoms with Crippen molar-refractivity contribution in [3.8, 4) is 0 Å². The molecule has 0 aromatic carbocycles. The number of nitrogen functional groups attached to an aromatic ring is 1. The summed E-state index contributed by atoms with van der Waals surface area (Å²) >= 11 is 0. The summed E-state index contributed by atoms with van der Waals surface area (Å²) in [5, 5.41) is 6.31. The monoisotopic (exact) mass is 182 g/mol. The maximum absolute atomic E-state index is 11.4. The summed E-state index contributed by atoms with van der Waals surface area (Å²) in [6.07, 6.45) is 1.49. The SMILES string of the molecule is COC(=O)C1(c2nc(N)n[nH]2)CC1. The van der Waals surface area contributed by atoms with Crippen LogP contribution in [0.15, 0.2) is 0 Å². The number of carbonyl (C=O) groups is 1. The number of nitrogens with two attached hydrogens (primary N) is 1. The highest BCUT2D eigenvalue weighted by atomic mass is 16.5. The van der Waals surface area contributed by atoms with Gasteiger partial charge in [-0.25, -0.2) is 0 Å². The Morgan fingerprint density at radius 1 is 1.69 bits per heavy atom. The van der Waals surface area contributed by atoms with Crippen LogP contribution >= 0.6 is 0 Å². The van der Waals surface area contributed by atoms with Gasteiger partial charge in [0.1, 0.15) is 11.2 Å². The zero-order valence-corrected chi connectivity index (χ0v) is 7.20. The van der Waals surface area contributed by atoms with Gasteiger partial charge in [0.25, 0.3) is 0 Å². The van der Waals surface area contributed by atoms with Crippen molar-refractivity contribution in [2.75, 3.05) is 12.8 Å². The van der Waals surface area contributed by atoms with E-state index < -0.39 is 5.41 Å². The number of esters is 1. The zero-order valence-electron chi connectivity index (χ0n) is 7.20. The van der Waals surface area contributed by atoms with Gasteiger partial charge in [0.05, 0.1) is 7.11 Å². The van der Waals surface area contributed by atoms with Crippen LogP contribution in [0.4, 0.5) is 5.95 Å². The number of aromatic nitrogens is 3. The summed E-state index contributed by atoms with van der Waals surface area (Å²) in [6.45, 7) is 0. The molecule has 70 valence electrons. The Labute approximate surface area is 74.5 Å². The number of aromatic amines is 1. The molecule has 0 aliphatic heterocycles. The van der Waals surface area contributed by atoms with Gasteiger partial charge >= 0.3 is 5.97 Å². The quantitative estimate of drug-likeness (QED) is 0.606. The van der Waals surface area contributed by atoms with E-state index >= 15 is 0 Å². The molecule has 3 N–H and O–H groups in total. The zero-order chi connectivity index (χ0) is 9.47. The molecule has 0 unspecified atom stereocenters. The van der Waals surface area contributed by atoms with Crippen molar-refractivity contribution >= 4 is 11.9 Å². The largest absolute Gasteiger partial charge is 0.468 e. The average Bonchev–Trinajstić information content (AvgIpc) is 2.83. The number of rotatable bonds is 2. The number of H-pyrrole nitrogens is 1. The number of hydrogen-bond acceptors (Lipinski definition) is 5. The van der Waals surface area contributed by atoms with Crippen molar-refractivity contribution in [3.63, 3.8) is 0 Å². The molecule has 0 atom stereocenters. The fraction of sp³-hybridized carbons (Fsp3) is 0.571. The molecule has 1 aromatic rings. The predicted octanol–water partition coefficient (Wildman–Crippen LogP) is -0.409. The van der Waals surface area contributed by atoms with Crippen molar-refractivity contribution in [3.05, 3.63) is 5.82 Å². The van der Waals surface area contributed by atoms with E-state index in [1.54, 1.807) is 0 Å². The van der Waals surface area contributed by atoms with Crippen LogP contribution in [0, 0.1) is 0 Å². The minimum Gasteiger partial charge on any atom is -0.468 e. The number of carbonyl (C=O) groups excluding carboxylic acids is 1. The minimum absolute atomic E-state index is 0.158. The molecule has 6 nitrogen and oxygen atoms in total. The number of methoxy groups -OCH3 is 1. The number of nitrogens with one attached hydrogen (secondary N) is 1. The molecule has 1 aromatic heterocycles. The Hall–Kier alpha value is -1.59. The first-order chi connectivity index (χ1) is 6.19. The third kappa shape index (κ3) is 1.06. The van der Waals surface area contributed by atoms with Gasteiger partial charge in [-0.3, -0.25) is 9.89 Å². The van der Waals surface area contributed by atoms with Crippen LogP contribution in [0.5, 0.6) is 0 Å². The molecule has 1 saturated carbocycles. The highest BCUT2D eigenvalue weighted by molar-refractivity contribution is 5.85. The van der Waals surface area contributed by atoms with Gasteiger partial charge in [-0.1, -0.05) is 0 Å². The van der Waals surface area contributed by atoms with E-state index in [2.05, 4.69) is 19.9 Å². The Bertz CT molecular complexity index is 342. The minimum atomic E-state index is -0.598. The van der Waals surface area contributed by atoms with Gasteiger partial charge in [-0.2, -0.15) is 4.98 Å². The first-order valence-electron chi connectivity index (χ1n) is 3.96. The second-order valence-electron chi connectivity index (χ2n) is 3.12. The molecule has 0 radical (unpaired) electrons. The average molecular weight is 182 g/mol. The molecular weight excluding hydrogens is 172 g/mol. The molecule has 0 spiro atoms. The van der Waals surface area contributed by atoms with Crippen molar-refractivity contribution in [1.82, 2.24) is 15.2 Å². The summed E-state index contributed by atoms with van der Waals surface area (Å²) in [7, 11) is 1.36. The molecule has 1 aliphatic rings. The normalized spacial score (nSPS) is 18.2. The van der Waals surface area contributed by atoms with Crippen LogP contribution in [-0.4, -0.2) is 28.3 Å². The number of anilines is 1. The maximum Gasteiger partial charge on any atom is 0.319 e. The second kappa shape index (κ2) is 2.45. The highest BCUT2D eigenvalue weighted by Gasteiger charge is 2.55. The molecule has 1 fully saturated rings. The van der Waals surface area contributed by atoms with E-state index in [-0.39, 0.29) is 11.9 Å². The van der Waals surface area contributed by atoms with Crippen LogP contribution in [0.2, 0.25) is 0 Å². The first-order valence-corrected chi connectivity index (χ1v) is 3.96. The summed E-state index contributed by atoms with van der Waals surface area (Å²) in [5.41, 5.74) is 4.74. The van der Waals surface area contributed by atoms with Gasteiger partial charge < -0.3 is 10.5 Å². The van der Waals surface area contributed by atoms with Crippen LogP contribution in [0.3, 0.4) is 0 Å². The van der Waals surface area contributed by atoms with Gasteiger partial charge in [-0.15, -0.1) is 5.10 Å². The molecule has 13 heavy (non-hydrogen) atoms. The first kappa shape index (κ1) is 8.03. The van der Waals surface area contributed by atoms with E-state index in [0.717, 1.165) is 12.8 Å². The van der Waals surface area contributed by atoms with Gasteiger partial charge in [-0.05, 0) is 12.8 Å². The Morgan fingerprint density at radius 3 is 2.77 bits per heavy atom. The third-order valence-electron chi connectivity index (χ3n) is 2.28. The van der Waals surface area contributed by atoms with E-state index in [0.29, 0.717) is 5.82 Å². The van der Waals surface area contributed by atoms with Crippen molar-refractivity contribution in [2.45, 2.75) is 18.3 Å². The molecule has 0 amide bonds. The summed E-state index contributed by atoms with van der Waals surface area (Å²) in [4.78, 5) is 15.3. The van der Waals surface area contributed by atoms with Gasteiger partial charge in [0, 0.05) is 0 Å². The van der Waals surface area contributed by atoms with E-state index in [9.17, 15) is 4.79 Å². The Morgan fingerprint density at radius 2 is 2.38 bits per heavy atom. The molecule has 2 rings (SSSR count). The Kier molecular flexibility index (Phi) is 1.51. The maximum atomic E-state index is 11.4. The number of nitrogens with zero attached hydrogens (tertiary/aromatic N) is 2. The third-order valence-corrected chi connectivity index (χ3v) is 2.28. The number of ether oxygens (including phenoxy) is 1. The van der Waals surface area contributed by atoms with Crippen LogP contribution in [0.25, 0.3) is 0 Å². The topological polar surface area (TPSA) is 93.9 Å². The fourth-order valence-electron chi connectivity index (χ4n) is 1.35. The molecule has 0 saturated heterocycles. The second-order valence-corrected chi connectivity index (χ2v) is 3.12. The van der Waals surface area contributed by atoms with Crippen molar-refractivity contribution < 1.29 is 9.53 Å². The number of hydrogen-bond donors (Lipinski definition) is 2. The smallest absolute Gasteiger partial charge is 0.319 e. The van der Waals surface area contributed by atoms with Gasteiger partial charge in [0.2, 0.25) is 5.95 Å². The van der Waals surface area contributed by atoms with Crippen LogP contribution in [-0.2, 0) is 14.9 Å². The lowest BCUT2D eigenvalue weighted by Gasteiger charge is -2.07. The molecule has 6 heteroatoms. The van der Waals surface area contributed by atoms with Crippen LogP contribution in [0.1, 0.15) is 18.7 Å². The van der Waals surface area contributed by atoms with E-state index in [1.165, 1.54) is 7.11 Å².